The molecule has 1 aromatic rings. The monoisotopic (exact) mass is 502 g/mol. The van der Waals surface area contributed by atoms with Crippen LogP contribution < -0.4 is 10.1 Å². The first-order valence-electron chi connectivity index (χ1n) is 10.2. The van der Waals surface area contributed by atoms with Crippen molar-refractivity contribution < 1.29 is 9.53 Å². The van der Waals surface area contributed by atoms with Gasteiger partial charge >= 0.3 is 0 Å². The fraction of sp³-hybridized carbons (Fsp3) is 0.619. The van der Waals surface area contributed by atoms with Gasteiger partial charge in [0, 0.05) is 52.0 Å². The molecule has 1 amide bonds. The number of aliphatic imine (C=N–C) groups is 1. The van der Waals surface area contributed by atoms with Crippen LogP contribution in [-0.2, 0) is 4.79 Å². The average Bonchev–Trinajstić information content (AvgIpc) is 2.70. The quantitative estimate of drug-likeness (QED) is 0.337. The zero-order chi connectivity index (χ0) is 19.5. The van der Waals surface area contributed by atoms with Gasteiger partial charge in [-0.2, -0.15) is 0 Å². The second-order valence-corrected chi connectivity index (χ2v) is 6.67. The van der Waals surface area contributed by atoms with E-state index in [1.165, 1.54) is 0 Å². The topological polar surface area (TPSA) is 57.2 Å². The van der Waals surface area contributed by atoms with E-state index < -0.39 is 0 Å². The first kappa shape index (κ1) is 24.5. The van der Waals surface area contributed by atoms with Gasteiger partial charge in [0.2, 0.25) is 5.91 Å². The maximum absolute atomic E-state index is 12.1. The third kappa shape index (κ3) is 7.85. The van der Waals surface area contributed by atoms with Gasteiger partial charge in [-0.25, -0.2) is 0 Å². The number of benzene rings is 1. The van der Waals surface area contributed by atoms with Crippen molar-refractivity contribution in [2.24, 2.45) is 4.99 Å². The minimum atomic E-state index is 0. The molecular formula is C21H35IN4O2. The zero-order valence-corrected chi connectivity index (χ0v) is 19.7. The first-order valence-corrected chi connectivity index (χ1v) is 10.2. The number of nitrogens with one attached hydrogen (secondary N) is 1. The van der Waals surface area contributed by atoms with Crippen LogP contribution in [0.5, 0.6) is 5.75 Å². The third-order valence-corrected chi connectivity index (χ3v) is 4.83. The fourth-order valence-corrected chi connectivity index (χ4v) is 3.29. The molecule has 0 aliphatic carbocycles. The Morgan fingerprint density at radius 1 is 1.18 bits per heavy atom. The standard InChI is InChI=1S/C21H34N4O2.HI/c1-4-22-21(23-15-12-20(26)24(5-2)6-3)25-16-13-19(14-17-25)27-18-10-8-7-9-11-18;/h7-11,19H,4-6,12-17H2,1-3H3,(H,22,23);1H. The number of para-hydroxylation sites is 1. The largest absolute Gasteiger partial charge is 0.490 e. The van der Waals surface area contributed by atoms with Gasteiger partial charge in [-0.1, -0.05) is 18.2 Å². The molecule has 1 aliphatic heterocycles. The van der Waals surface area contributed by atoms with Crippen LogP contribution in [-0.4, -0.2) is 67.0 Å². The summed E-state index contributed by atoms with van der Waals surface area (Å²) in [6.45, 7) is 10.8. The summed E-state index contributed by atoms with van der Waals surface area (Å²) in [5, 5.41) is 3.36. The minimum Gasteiger partial charge on any atom is -0.490 e. The Balaban J connectivity index is 0.00000392. The Bertz CT molecular complexity index is 585. The molecule has 1 N–H and O–H groups in total. The Hall–Kier alpha value is -1.51. The van der Waals surface area contributed by atoms with Crippen LogP contribution in [0, 0.1) is 0 Å². The number of piperidine rings is 1. The van der Waals surface area contributed by atoms with Gasteiger partial charge in [-0.05, 0) is 32.9 Å². The molecule has 7 heteroatoms. The van der Waals surface area contributed by atoms with Crippen molar-refractivity contribution in [2.45, 2.75) is 46.1 Å². The summed E-state index contributed by atoms with van der Waals surface area (Å²) in [5.74, 6) is 2.02. The highest BCUT2D eigenvalue weighted by Crippen LogP contribution is 2.18. The van der Waals surface area contributed by atoms with Crippen LogP contribution in [0.25, 0.3) is 0 Å². The number of amides is 1. The lowest BCUT2D eigenvalue weighted by Crippen LogP contribution is -2.47. The maximum atomic E-state index is 12.1. The van der Waals surface area contributed by atoms with Crippen LogP contribution in [0.3, 0.4) is 0 Å². The summed E-state index contributed by atoms with van der Waals surface area (Å²) in [5.41, 5.74) is 0. The summed E-state index contributed by atoms with van der Waals surface area (Å²) in [4.78, 5) is 21.0. The SMILES string of the molecule is CCNC(=NCCC(=O)N(CC)CC)N1CCC(Oc2ccccc2)CC1.I. The second kappa shape index (κ2) is 13.6. The van der Waals surface area contributed by atoms with E-state index in [4.69, 9.17) is 4.74 Å². The van der Waals surface area contributed by atoms with Crippen molar-refractivity contribution in [2.75, 3.05) is 39.3 Å². The molecule has 1 aromatic carbocycles. The van der Waals surface area contributed by atoms with Gasteiger partial charge in [-0.15, -0.1) is 24.0 Å². The molecule has 1 heterocycles. The second-order valence-electron chi connectivity index (χ2n) is 6.67. The molecule has 0 saturated carbocycles. The summed E-state index contributed by atoms with van der Waals surface area (Å²) < 4.78 is 6.07. The highest BCUT2D eigenvalue weighted by molar-refractivity contribution is 14.0. The number of carbonyl (C=O) groups is 1. The Kier molecular flexibility index (Phi) is 11.9. The number of hydrogen-bond donors (Lipinski definition) is 1. The van der Waals surface area contributed by atoms with Gasteiger partial charge in [0.25, 0.3) is 0 Å². The number of ether oxygens (including phenoxy) is 1. The van der Waals surface area contributed by atoms with Crippen molar-refractivity contribution in [3.63, 3.8) is 0 Å². The highest BCUT2D eigenvalue weighted by atomic mass is 127. The molecule has 1 fully saturated rings. The van der Waals surface area contributed by atoms with Gasteiger partial charge in [-0.3, -0.25) is 9.79 Å². The molecule has 1 saturated heterocycles. The molecule has 0 aromatic heterocycles. The number of hydrogen-bond acceptors (Lipinski definition) is 3. The van der Waals surface area contributed by atoms with E-state index in [0.29, 0.717) is 13.0 Å². The number of halogens is 1. The molecule has 2 rings (SSSR count). The van der Waals surface area contributed by atoms with E-state index in [1.54, 1.807) is 0 Å². The van der Waals surface area contributed by atoms with Crippen molar-refractivity contribution in [1.82, 2.24) is 15.1 Å². The Labute approximate surface area is 186 Å². The lowest BCUT2D eigenvalue weighted by Gasteiger charge is -2.34. The summed E-state index contributed by atoms with van der Waals surface area (Å²) in [6, 6.07) is 10.0. The first-order chi connectivity index (χ1) is 13.2. The molecule has 0 spiro atoms. The molecule has 6 nitrogen and oxygen atoms in total. The number of carbonyl (C=O) groups excluding carboxylic acids is 1. The summed E-state index contributed by atoms with van der Waals surface area (Å²) >= 11 is 0. The van der Waals surface area contributed by atoms with E-state index in [1.807, 2.05) is 49.1 Å². The predicted molar refractivity (Wildman–Crippen MR) is 126 cm³/mol. The number of guanidine groups is 1. The lowest BCUT2D eigenvalue weighted by atomic mass is 10.1. The molecule has 0 unspecified atom stereocenters. The molecule has 0 bridgehead atoms. The number of likely N-dealkylation sites (tertiary alicyclic amines) is 1. The maximum Gasteiger partial charge on any atom is 0.224 e. The molecule has 0 atom stereocenters. The Morgan fingerprint density at radius 2 is 1.82 bits per heavy atom. The molecule has 0 radical (unpaired) electrons. The minimum absolute atomic E-state index is 0. The van der Waals surface area contributed by atoms with Gasteiger partial charge in [0.05, 0.1) is 6.54 Å². The molecule has 158 valence electrons. The lowest BCUT2D eigenvalue weighted by molar-refractivity contribution is -0.130. The average molecular weight is 502 g/mol. The van der Waals surface area contributed by atoms with Crippen LogP contribution >= 0.6 is 24.0 Å². The molecule has 28 heavy (non-hydrogen) atoms. The molecule has 1 aliphatic rings. The van der Waals surface area contributed by atoms with Crippen molar-refractivity contribution in [3.05, 3.63) is 30.3 Å². The summed E-state index contributed by atoms with van der Waals surface area (Å²) in [7, 11) is 0. The normalized spacial score (nSPS) is 15.0. The Morgan fingerprint density at radius 3 is 2.39 bits per heavy atom. The van der Waals surface area contributed by atoms with Crippen molar-refractivity contribution >= 4 is 35.8 Å². The van der Waals surface area contributed by atoms with Crippen LogP contribution in [0.15, 0.2) is 35.3 Å². The number of nitrogens with zero attached hydrogens (tertiary/aromatic N) is 3. The van der Waals surface area contributed by atoms with Crippen LogP contribution in [0.2, 0.25) is 0 Å². The third-order valence-electron chi connectivity index (χ3n) is 4.83. The van der Waals surface area contributed by atoms with Gasteiger partial charge in [0.1, 0.15) is 11.9 Å². The van der Waals surface area contributed by atoms with Crippen LogP contribution in [0.1, 0.15) is 40.0 Å². The predicted octanol–water partition coefficient (Wildman–Crippen LogP) is 3.37. The van der Waals surface area contributed by atoms with Gasteiger partial charge < -0.3 is 19.9 Å². The summed E-state index contributed by atoms with van der Waals surface area (Å²) in [6.07, 6.45) is 2.65. The van der Waals surface area contributed by atoms with Crippen LogP contribution in [0.4, 0.5) is 0 Å². The fourth-order valence-electron chi connectivity index (χ4n) is 3.29. The van der Waals surface area contributed by atoms with E-state index in [2.05, 4.69) is 22.1 Å². The van der Waals surface area contributed by atoms with Gasteiger partial charge in [0.15, 0.2) is 5.96 Å². The number of rotatable bonds is 8. The highest BCUT2D eigenvalue weighted by Gasteiger charge is 2.22. The zero-order valence-electron chi connectivity index (χ0n) is 17.4. The smallest absolute Gasteiger partial charge is 0.224 e. The van der Waals surface area contributed by atoms with Crippen molar-refractivity contribution in [1.29, 1.82) is 0 Å². The van der Waals surface area contributed by atoms with E-state index >= 15 is 0 Å². The molecular weight excluding hydrogens is 467 g/mol. The van der Waals surface area contributed by atoms with E-state index in [0.717, 1.165) is 57.3 Å². The van der Waals surface area contributed by atoms with E-state index in [9.17, 15) is 4.79 Å². The van der Waals surface area contributed by atoms with E-state index in [-0.39, 0.29) is 36.0 Å². The van der Waals surface area contributed by atoms with Crippen molar-refractivity contribution in [3.8, 4) is 5.75 Å².